The number of thiophene rings is 1. The third kappa shape index (κ3) is 5.38. The van der Waals surface area contributed by atoms with E-state index < -0.39 is 0 Å². The van der Waals surface area contributed by atoms with Gasteiger partial charge in [0.25, 0.3) is 0 Å². The van der Waals surface area contributed by atoms with Crippen molar-refractivity contribution in [2.75, 3.05) is 27.2 Å². The fourth-order valence-electron chi connectivity index (χ4n) is 1.90. The minimum Gasteiger partial charge on any atom is -0.356 e. The second-order valence-corrected chi connectivity index (χ2v) is 6.71. The van der Waals surface area contributed by atoms with Gasteiger partial charge in [0.05, 0.1) is 0 Å². The fourth-order valence-corrected chi connectivity index (χ4v) is 2.61. The number of nitrogens with one attached hydrogen (secondary N) is 2. The molecule has 0 bridgehead atoms. The van der Waals surface area contributed by atoms with Crippen molar-refractivity contribution in [1.29, 1.82) is 0 Å². The number of rotatable bonds is 6. The summed E-state index contributed by atoms with van der Waals surface area (Å²) in [6.07, 6.45) is 2.15. The number of amides is 1. The summed E-state index contributed by atoms with van der Waals surface area (Å²) in [4.78, 5) is 18.9. The first-order valence-corrected chi connectivity index (χ1v) is 8.21. The molecule has 0 spiro atoms. The molecular formula is C15H24N4OS. The van der Waals surface area contributed by atoms with Crippen molar-refractivity contribution in [3.8, 4) is 0 Å². The fraction of sp³-hybridized carbons (Fsp3) is 0.600. The predicted octanol–water partition coefficient (Wildman–Crippen LogP) is 1.32. The summed E-state index contributed by atoms with van der Waals surface area (Å²) >= 11 is 1.76. The van der Waals surface area contributed by atoms with Crippen molar-refractivity contribution in [1.82, 2.24) is 15.5 Å². The number of hydrogen-bond acceptors (Lipinski definition) is 3. The molecule has 0 aliphatic heterocycles. The first-order chi connectivity index (χ1) is 10.1. The number of likely N-dealkylation sites (N-methyl/N-ethyl adjacent to an activating group) is 1. The van der Waals surface area contributed by atoms with Gasteiger partial charge in [-0.15, -0.1) is 11.3 Å². The Balaban J connectivity index is 1.82. The van der Waals surface area contributed by atoms with E-state index >= 15 is 0 Å². The minimum atomic E-state index is 0.0122. The average Bonchev–Trinajstić information content (AvgIpc) is 2.92. The molecule has 1 amide bonds. The molecule has 1 fully saturated rings. The first-order valence-electron chi connectivity index (χ1n) is 7.33. The van der Waals surface area contributed by atoms with Crippen LogP contribution in [-0.4, -0.2) is 50.0 Å². The molecule has 2 unspecified atom stereocenters. The van der Waals surface area contributed by atoms with E-state index in [1.165, 1.54) is 11.3 Å². The summed E-state index contributed by atoms with van der Waals surface area (Å²) in [5.74, 6) is 1.45. The zero-order chi connectivity index (χ0) is 15.2. The standard InChI is InChI=1S/C15H24N4OS/c1-11-9-13(11)18-15(17-10-14(20)19(2)3)16-7-6-12-5-4-8-21-12/h4-5,8,11,13H,6-7,9-10H2,1-3H3,(H2,16,17,18). The summed E-state index contributed by atoms with van der Waals surface area (Å²) in [6.45, 7) is 3.22. The Morgan fingerprint density at radius 3 is 2.86 bits per heavy atom. The van der Waals surface area contributed by atoms with E-state index in [1.807, 2.05) is 0 Å². The molecule has 5 nitrogen and oxygen atoms in total. The van der Waals surface area contributed by atoms with Crippen LogP contribution in [0.5, 0.6) is 0 Å². The van der Waals surface area contributed by atoms with Gasteiger partial charge in [-0.3, -0.25) is 4.79 Å². The molecule has 0 saturated heterocycles. The largest absolute Gasteiger partial charge is 0.356 e. The molecule has 2 rings (SSSR count). The average molecular weight is 308 g/mol. The summed E-state index contributed by atoms with van der Waals surface area (Å²) in [7, 11) is 3.50. The lowest BCUT2D eigenvalue weighted by Crippen LogP contribution is -2.41. The number of hydrogen-bond donors (Lipinski definition) is 2. The van der Waals surface area contributed by atoms with E-state index in [9.17, 15) is 4.79 Å². The summed E-state index contributed by atoms with van der Waals surface area (Å²) < 4.78 is 0. The third-order valence-electron chi connectivity index (χ3n) is 3.55. The van der Waals surface area contributed by atoms with Crippen LogP contribution in [0.4, 0.5) is 0 Å². The van der Waals surface area contributed by atoms with Gasteiger partial charge in [-0.2, -0.15) is 0 Å². The SMILES string of the molecule is CC1CC1NC(=NCC(=O)N(C)C)NCCc1cccs1. The van der Waals surface area contributed by atoms with Crippen molar-refractivity contribution in [2.24, 2.45) is 10.9 Å². The summed E-state index contributed by atoms with van der Waals surface area (Å²) in [5, 5.41) is 8.79. The molecule has 2 N–H and O–H groups in total. The third-order valence-corrected chi connectivity index (χ3v) is 4.48. The van der Waals surface area contributed by atoms with Crippen molar-refractivity contribution in [3.63, 3.8) is 0 Å². The summed E-state index contributed by atoms with van der Waals surface area (Å²) in [5.41, 5.74) is 0. The molecule has 0 radical (unpaired) electrons. The molecule has 21 heavy (non-hydrogen) atoms. The molecule has 1 heterocycles. The molecule has 1 aromatic rings. The summed E-state index contributed by atoms with van der Waals surface area (Å²) in [6, 6.07) is 4.69. The monoisotopic (exact) mass is 308 g/mol. The van der Waals surface area contributed by atoms with Crippen LogP contribution in [-0.2, 0) is 11.2 Å². The van der Waals surface area contributed by atoms with Gasteiger partial charge >= 0.3 is 0 Å². The Kier molecular flexibility index (Phi) is 5.61. The molecule has 6 heteroatoms. The van der Waals surface area contributed by atoms with Gasteiger partial charge in [0, 0.05) is 31.6 Å². The number of carbonyl (C=O) groups is 1. The molecule has 0 aromatic carbocycles. The predicted molar refractivity (Wildman–Crippen MR) is 87.7 cm³/mol. The van der Waals surface area contributed by atoms with E-state index in [2.05, 4.69) is 40.1 Å². The van der Waals surface area contributed by atoms with E-state index in [1.54, 1.807) is 30.3 Å². The number of guanidine groups is 1. The second kappa shape index (κ2) is 7.45. The molecule has 116 valence electrons. The lowest BCUT2D eigenvalue weighted by molar-refractivity contribution is -0.127. The topological polar surface area (TPSA) is 56.7 Å². The smallest absolute Gasteiger partial charge is 0.243 e. The van der Waals surface area contributed by atoms with Crippen LogP contribution >= 0.6 is 11.3 Å². The van der Waals surface area contributed by atoms with Crippen LogP contribution in [0.2, 0.25) is 0 Å². The highest BCUT2D eigenvalue weighted by Crippen LogP contribution is 2.28. The van der Waals surface area contributed by atoms with Gasteiger partial charge in [-0.05, 0) is 30.2 Å². The quantitative estimate of drug-likeness (QED) is 0.616. The van der Waals surface area contributed by atoms with Gasteiger partial charge in [-0.25, -0.2) is 4.99 Å². The molecule has 1 saturated carbocycles. The van der Waals surface area contributed by atoms with Crippen LogP contribution in [0.3, 0.4) is 0 Å². The van der Waals surface area contributed by atoms with Crippen LogP contribution in [0.1, 0.15) is 18.2 Å². The number of carbonyl (C=O) groups excluding carboxylic acids is 1. The van der Waals surface area contributed by atoms with Gasteiger partial charge in [0.2, 0.25) is 5.91 Å². The Bertz CT molecular complexity index is 484. The van der Waals surface area contributed by atoms with Gasteiger partial charge in [-0.1, -0.05) is 13.0 Å². The Morgan fingerprint density at radius 2 is 2.29 bits per heavy atom. The zero-order valence-corrected chi connectivity index (χ0v) is 13.7. The van der Waals surface area contributed by atoms with Crippen molar-refractivity contribution < 1.29 is 4.79 Å². The van der Waals surface area contributed by atoms with Crippen molar-refractivity contribution in [2.45, 2.75) is 25.8 Å². The highest BCUT2D eigenvalue weighted by molar-refractivity contribution is 7.09. The van der Waals surface area contributed by atoms with Gasteiger partial charge < -0.3 is 15.5 Å². The number of nitrogens with zero attached hydrogens (tertiary/aromatic N) is 2. The Labute approximate surface area is 130 Å². The highest BCUT2D eigenvalue weighted by Gasteiger charge is 2.33. The normalized spacial score (nSPS) is 21.0. The highest BCUT2D eigenvalue weighted by atomic mass is 32.1. The lowest BCUT2D eigenvalue weighted by Gasteiger charge is -2.13. The van der Waals surface area contributed by atoms with Crippen LogP contribution in [0.15, 0.2) is 22.5 Å². The van der Waals surface area contributed by atoms with Gasteiger partial charge in [0.1, 0.15) is 6.54 Å². The van der Waals surface area contributed by atoms with Crippen molar-refractivity contribution in [3.05, 3.63) is 22.4 Å². The Hall–Kier alpha value is -1.56. The van der Waals surface area contributed by atoms with Crippen LogP contribution < -0.4 is 10.6 Å². The molecule has 1 aliphatic rings. The molecule has 1 aromatic heterocycles. The van der Waals surface area contributed by atoms with Crippen molar-refractivity contribution >= 4 is 23.2 Å². The number of aliphatic imine (C=N–C) groups is 1. The van der Waals surface area contributed by atoms with E-state index in [0.717, 1.165) is 18.9 Å². The molecule has 2 atom stereocenters. The maximum Gasteiger partial charge on any atom is 0.243 e. The maximum absolute atomic E-state index is 11.6. The van der Waals surface area contributed by atoms with Gasteiger partial charge in [0.15, 0.2) is 5.96 Å². The van der Waals surface area contributed by atoms with Crippen LogP contribution in [0.25, 0.3) is 0 Å². The molecule has 1 aliphatic carbocycles. The van der Waals surface area contributed by atoms with Crippen LogP contribution in [0, 0.1) is 5.92 Å². The van der Waals surface area contributed by atoms with E-state index in [4.69, 9.17) is 0 Å². The first kappa shape index (κ1) is 15.8. The minimum absolute atomic E-state index is 0.0122. The zero-order valence-electron chi connectivity index (χ0n) is 12.9. The second-order valence-electron chi connectivity index (χ2n) is 5.67. The molecular weight excluding hydrogens is 284 g/mol. The van der Waals surface area contributed by atoms with E-state index in [0.29, 0.717) is 12.0 Å². The maximum atomic E-state index is 11.6. The van der Waals surface area contributed by atoms with E-state index in [-0.39, 0.29) is 12.5 Å². The lowest BCUT2D eigenvalue weighted by atomic mass is 10.3. The Morgan fingerprint density at radius 1 is 1.52 bits per heavy atom.